The lowest BCUT2D eigenvalue weighted by molar-refractivity contribution is 0.0487. The first-order chi connectivity index (χ1) is 9.29. The van der Waals surface area contributed by atoms with Crippen LogP contribution in [0.2, 0.25) is 0 Å². The van der Waals surface area contributed by atoms with Crippen molar-refractivity contribution < 1.29 is 14.3 Å². The van der Waals surface area contributed by atoms with E-state index < -0.39 is 5.97 Å². The van der Waals surface area contributed by atoms with E-state index in [4.69, 9.17) is 9.47 Å². The third kappa shape index (κ3) is 3.84. The molecule has 2 aromatic rings. The summed E-state index contributed by atoms with van der Waals surface area (Å²) in [5.41, 5.74) is 1.19. The van der Waals surface area contributed by atoms with Crippen molar-refractivity contribution in [3.63, 3.8) is 0 Å². The Morgan fingerprint density at radius 3 is 2.74 bits per heavy atom. The molecule has 5 nitrogen and oxygen atoms in total. The van der Waals surface area contributed by atoms with Gasteiger partial charge in [-0.05, 0) is 30.5 Å². The van der Waals surface area contributed by atoms with E-state index in [0.29, 0.717) is 6.61 Å². The molecule has 0 amide bonds. The summed E-state index contributed by atoms with van der Waals surface area (Å²) < 4.78 is 10.2. The van der Waals surface area contributed by atoms with E-state index in [9.17, 15) is 4.79 Å². The number of hydrogen-bond donors (Lipinski definition) is 1. The molecule has 0 saturated carbocycles. The van der Waals surface area contributed by atoms with Crippen LogP contribution in [0.3, 0.4) is 0 Å². The van der Waals surface area contributed by atoms with E-state index in [1.165, 1.54) is 11.8 Å². The maximum atomic E-state index is 11.5. The number of benzene rings is 1. The van der Waals surface area contributed by atoms with Crippen molar-refractivity contribution in [2.45, 2.75) is 12.8 Å². The van der Waals surface area contributed by atoms with E-state index in [1.807, 2.05) is 24.3 Å². The highest BCUT2D eigenvalue weighted by molar-refractivity contribution is 5.85. The van der Waals surface area contributed by atoms with Gasteiger partial charge in [0.15, 0.2) is 0 Å². The molecule has 2 rings (SSSR count). The van der Waals surface area contributed by atoms with Crippen LogP contribution < -0.4 is 4.74 Å². The molecular weight excluding hydrogens is 244 g/mol. The number of nitrogens with one attached hydrogen (secondary N) is 1. The Balaban J connectivity index is 1.70. The largest absolute Gasteiger partial charge is 0.497 e. The molecule has 0 saturated heterocycles. The molecule has 0 aliphatic carbocycles. The Morgan fingerprint density at radius 1 is 1.32 bits per heavy atom. The number of imidazole rings is 1. The maximum Gasteiger partial charge on any atom is 0.374 e. The quantitative estimate of drug-likeness (QED) is 0.639. The molecule has 1 N–H and O–H groups in total. The SMILES string of the molecule is COc1ccc(CCCOC(=O)c2ncc[nH]2)cc1. The van der Waals surface area contributed by atoms with Crippen LogP contribution in [0.5, 0.6) is 5.75 Å². The minimum Gasteiger partial charge on any atom is -0.497 e. The zero-order valence-corrected chi connectivity index (χ0v) is 10.8. The fraction of sp³-hybridized carbons (Fsp3) is 0.286. The van der Waals surface area contributed by atoms with Crippen LogP contribution in [0, 0.1) is 0 Å². The van der Waals surface area contributed by atoms with Gasteiger partial charge in [0.2, 0.25) is 5.82 Å². The fourth-order valence-electron chi connectivity index (χ4n) is 1.68. The average Bonchev–Trinajstić information content (AvgIpc) is 2.98. The predicted octanol–water partition coefficient (Wildman–Crippen LogP) is 2.21. The van der Waals surface area contributed by atoms with Gasteiger partial charge in [-0.2, -0.15) is 0 Å². The third-order valence-corrected chi connectivity index (χ3v) is 2.69. The predicted molar refractivity (Wildman–Crippen MR) is 70.2 cm³/mol. The number of carbonyl (C=O) groups is 1. The van der Waals surface area contributed by atoms with Gasteiger partial charge in [-0.15, -0.1) is 0 Å². The van der Waals surface area contributed by atoms with Gasteiger partial charge in [0, 0.05) is 12.4 Å². The zero-order chi connectivity index (χ0) is 13.5. The molecular formula is C14H16N2O3. The maximum absolute atomic E-state index is 11.5. The lowest BCUT2D eigenvalue weighted by Gasteiger charge is -2.04. The number of hydrogen-bond acceptors (Lipinski definition) is 4. The van der Waals surface area contributed by atoms with Gasteiger partial charge in [-0.25, -0.2) is 9.78 Å². The molecule has 0 aliphatic heterocycles. The second-order valence-corrected chi connectivity index (χ2v) is 4.03. The van der Waals surface area contributed by atoms with E-state index >= 15 is 0 Å². The summed E-state index contributed by atoms with van der Waals surface area (Å²) in [4.78, 5) is 18.0. The molecule has 0 aliphatic rings. The number of esters is 1. The van der Waals surface area contributed by atoms with E-state index in [0.717, 1.165) is 18.6 Å². The summed E-state index contributed by atoms with van der Waals surface area (Å²) in [6, 6.07) is 7.86. The van der Waals surface area contributed by atoms with Gasteiger partial charge in [-0.1, -0.05) is 12.1 Å². The fourth-order valence-corrected chi connectivity index (χ4v) is 1.68. The van der Waals surface area contributed by atoms with Crippen LogP contribution in [0.25, 0.3) is 0 Å². The first kappa shape index (κ1) is 13.1. The van der Waals surface area contributed by atoms with Crippen molar-refractivity contribution in [2.75, 3.05) is 13.7 Å². The van der Waals surface area contributed by atoms with Crippen molar-refractivity contribution in [2.24, 2.45) is 0 Å². The highest BCUT2D eigenvalue weighted by Gasteiger charge is 2.08. The van der Waals surface area contributed by atoms with Crippen molar-refractivity contribution in [3.8, 4) is 5.75 Å². The van der Waals surface area contributed by atoms with Crippen molar-refractivity contribution in [1.82, 2.24) is 9.97 Å². The van der Waals surface area contributed by atoms with Crippen LogP contribution in [0.15, 0.2) is 36.7 Å². The van der Waals surface area contributed by atoms with Gasteiger partial charge >= 0.3 is 5.97 Å². The number of nitrogens with zero attached hydrogens (tertiary/aromatic N) is 1. The first-order valence-corrected chi connectivity index (χ1v) is 6.09. The van der Waals surface area contributed by atoms with Crippen LogP contribution in [-0.2, 0) is 11.2 Å². The molecule has 0 bridgehead atoms. The Kier molecular flexibility index (Phi) is 4.55. The monoisotopic (exact) mass is 260 g/mol. The van der Waals surface area contributed by atoms with E-state index in [1.54, 1.807) is 13.3 Å². The van der Waals surface area contributed by atoms with Crippen molar-refractivity contribution in [1.29, 1.82) is 0 Å². The van der Waals surface area contributed by atoms with Crippen molar-refractivity contribution in [3.05, 3.63) is 48.0 Å². The summed E-state index contributed by atoms with van der Waals surface area (Å²) in [5, 5.41) is 0. The van der Waals surface area contributed by atoms with Gasteiger partial charge in [0.05, 0.1) is 13.7 Å². The average molecular weight is 260 g/mol. The Morgan fingerprint density at radius 2 is 2.11 bits per heavy atom. The highest BCUT2D eigenvalue weighted by atomic mass is 16.5. The zero-order valence-electron chi connectivity index (χ0n) is 10.8. The molecule has 0 spiro atoms. The summed E-state index contributed by atoms with van der Waals surface area (Å²) in [6.07, 6.45) is 4.75. The van der Waals surface area contributed by atoms with Gasteiger partial charge < -0.3 is 14.5 Å². The number of aromatic nitrogens is 2. The number of rotatable bonds is 6. The summed E-state index contributed by atoms with van der Waals surface area (Å²) >= 11 is 0. The number of carbonyl (C=O) groups excluding carboxylic acids is 1. The standard InChI is InChI=1S/C14H16N2O3/c1-18-12-6-4-11(5-7-12)3-2-10-19-14(17)13-15-8-9-16-13/h4-9H,2-3,10H2,1H3,(H,15,16). The van der Waals surface area contributed by atoms with Crippen LogP contribution in [-0.4, -0.2) is 29.7 Å². The van der Waals surface area contributed by atoms with Crippen molar-refractivity contribution >= 4 is 5.97 Å². The molecule has 0 fully saturated rings. The van der Waals surface area contributed by atoms with E-state index in [-0.39, 0.29) is 5.82 Å². The molecule has 5 heteroatoms. The number of ether oxygens (including phenoxy) is 2. The molecule has 1 heterocycles. The second kappa shape index (κ2) is 6.58. The van der Waals surface area contributed by atoms with Gasteiger partial charge in [0.1, 0.15) is 5.75 Å². The summed E-state index contributed by atoms with van der Waals surface area (Å²) in [5.74, 6) is 0.664. The van der Waals surface area contributed by atoms with Gasteiger partial charge in [-0.3, -0.25) is 0 Å². The summed E-state index contributed by atoms with van der Waals surface area (Å²) in [6.45, 7) is 0.381. The normalized spacial score (nSPS) is 10.2. The first-order valence-electron chi connectivity index (χ1n) is 6.09. The van der Waals surface area contributed by atoms with Crippen LogP contribution in [0.1, 0.15) is 22.6 Å². The lowest BCUT2D eigenvalue weighted by Crippen LogP contribution is -2.08. The number of methoxy groups -OCH3 is 1. The molecule has 1 aromatic heterocycles. The molecule has 0 unspecified atom stereocenters. The topological polar surface area (TPSA) is 64.2 Å². The van der Waals surface area contributed by atoms with E-state index in [2.05, 4.69) is 9.97 Å². The minimum absolute atomic E-state index is 0.240. The number of H-pyrrole nitrogens is 1. The van der Waals surface area contributed by atoms with Gasteiger partial charge in [0.25, 0.3) is 0 Å². The number of aromatic amines is 1. The number of aryl methyl sites for hydroxylation is 1. The van der Waals surface area contributed by atoms with Crippen LogP contribution in [0.4, 0.5) is 0 Å². The minimum atomic E-state index is -0.417. The smallest absolute Gasteiger partial charge is 0.374 e. The molecule has 0 atom stereocenters. The Labute approximate surface area is 111 Å². The lowest BCUT2D eigenvalue weighted by atomic mass is 10.1. The summed E-state index contributed by atoms with van der Waals surface area (Å²) in [7, 11) is 1.64. The Hall–Kier alpha value is -2.30. The molecule has 0 radical (unpaired) electrons. The van der Waals surface area contributed by atoms with Crippen LogP contribution >= 0.6 is 0 Å². The molecule has 100 valence electrons. The molecule has 19 heavy (non-hydrogen) atoms. The third-order valence-electron chi connectivity index (χ3n) is 2.69. The highest BCUT2D eigenvalue weighted by Crippen LogP contribution is 2.12. The Bertz CT molecular complexity index is 506. The molecule has 1 aromatic carbocycles. The second-order valence-electron chi connectivity index (χ2n) is 4.03.